The van der Waals surface area contributed by atoms with E-state index in [1.165, 1.54) is 13.2 Å². The Kier molecular flexibility index (Phi) is 6.90. The summed E-state index contributed by atoms with van der Waals surface area (Å²) in [5.41, 5.74) is 0.285. The molecule has 21 heavy (non-hydrogen) atoms. The number of carboxylic acid groups (broad SMARTS) is 1. The van der Waals surface area contributed by atoms with Gasteiger partial charge >= 0.3 is 11.9 Å². The minimum Gasteiger partial charge on any atom is -0.480 e. The van der Waals surface area contributed by atoms with Gasteiger partial charge in [-0.3, -0.25) is 9.59 Å². The summed E-state index contributed by atoms with van der Waals surface area (Å²) >= 11 is 7.77. The molecule has 0 heterocycles. The topological polar surface area (TPSA) is 92.7 Å². The number of carboxylic acids is 1. The molecule has 1 amide bonds. The molecule has 0 bridgehead atoms. The van der Waals surface area contributed by atoms with E-state index >= 15 is 0 Å². The predicted octanol–water partition coefficient (Wildman–Crippen LogP) is 2.08. The van der Waals surface area contributed by atoms with Crippen LogP contribution >= 0.6 is 34.2 Å². The lowest BCUT2D eigenvalue weighted by Gasteiger charge is -2.14. The van der Waals surface area contributed by atoms with Gasteiger partial charge in [0.15, 0.2) is 0 Å². The van der Waals surface area contributed by atoms with Crippen LogP contribution in [-0.4, -0.2) is 36.1 Å². The molecule has 1 aromatic carbocycles. The molecule has 114 valence electrons. The molecule has 0 unspecified atom stereocenters. The molecule has 0 radical (unpaired) electrons. The Morgan fingerprint density at radius 1 is 1.43 bits per heavy atom. The molecule has 0 fully saturated rings. The first-order chi connectivity index (χ1) is 9.85. The minimum atomic E-state index is -1.22. The van der Waals surface area contributed by atoms with Gasteiger partial charge in [-0.15, -0.1) is 0 Å². The fourth-order valence-corrected chi connectivity index (χ4v) is 2.28. The van der Waals surface area contributed by atoms with Crippen molar-refractivity contribution >= 4 is 52.0 Å². The third-order valence-corrected chi connectivity index (χ3v) is 3.82. The number of benzene rings is 1. The summed E-state index contributed by atoms with van der Waals surface area (Å²) in [5.74, 6) is -2.31. The van der Waals surface area contributed by atoms with Gasteiger partial charge in [-0.05, 0) is 47.2 Å². The van der Waals surface area contributed by atoms with E-state index in [0.29, 0.717) is 8.59 Å². The van der Waals surface area contributed by atoms with Crippen LogP contribution in [0, 0.1) is 3.57 Å². The van der Waals surface area contributed by atoms with Gasteiger partial charge in [0.2, 0.25) is 0 Å². The monoisotopic (exact) mass is 425 g/mol. The zero-order chi connectivity index (χ0) is 16.0. The first-order valence-corrected chi connectivity index (χ1v) is 7.36. The number of hydrogen-bond donors (Lipinski definition) is 2. The summed E-state index contributed by atoms with van der Waals surface area (Å²) < 4.78 is 5.09. The summed E-state index contributed by atoms with van der Waals surface area (Å²) in [7, 11) is 1.21. The Morgan fingerprint density at radius 2 is 2.10 bits per heavy atom. The molecule has 0 aromatic heterocycles. The van der Waals surface area contributed by atoms with Crippen molar-refractivity contribution in [3.05, 3.63) is 32.4 Å². The van der Waals surface area contributed by atoms with Crippen molar-refractivity contribution in [2.24, 2.45) is 0 Å². The van der Waals surface area contributed by atoms with Crippen LogP contribution in [0.5, 0.6) is 0 Å². The first-order valence-electron chi connectivity index (χ1n) is 5.90. The highest BCUT2D eigenvalue weighted by molar-refractivity contribution is 14.1. The number of carbonyl (C=O) groups is 3. The minimum absolute atomic E-state index is 0.0507. The zero-order valence-electron chi connectivity index (χ0n) is 11.1. The van der Waals surface area contributed by atoms with E-state index in [9.17, 15) is 14.4 Å². The maximum atomic E-state index is 12.1. The van der Waals surface area contributed by atoms with Crippen LogP contribution in [0.1, 0.15) is 23.2 Å². The number of hydrogen-bond acceptors (Lipinski definition) is 4. The normalized spacial score (nSPS) is 11.6. The number of halogens is 2. The molecule has 8 heteroatoms. The Balaban J connectivity index is 2.79. The number of rotatable bonds is 6. The highest BCUT2D eigenvalue weighted by atomic mass is 127. The van der Waals surface area contributed by atoms with E-state index in [2.05, 4.69) is 10.1 Å². The van der Waals surface area contributed by atoms with Gasteiger partial charge < -0.3 is 15.2 Å². The zero-order valence-corrected chi connectivity index (χ0v) is 14.0. The van der Waals surface area contributed by atoms with E-state index in [1.54, 1.807) is 12.1 Å². The third-order valence-electron chi connectivity index (χ3n) is 2.64. The van der Waals surface area contributed by atoms with Gasteiger partial charge in [-0.25, -0.2) is 4.79 Å². The molecular weight excluding hydrogens is 413 g/mol. The smallest absolute Gasteiger partial charge is 0.326 e. The lowest BCUT2D eigenvalue weighted by atomic mass is 10.1. The second kappa shape index (κ2) is 8.18. The van der Waals surface area contributed by atoms with Crippen LogP contribution in [-0.2, 0) is 14.3 Å². The van der Waals surface area contributed by atoms with E-state index in [4.69, 9.17) is 16.7 Å². The Morgan fingerprint density at radius 3 is 2.67 bits per heavy atom. The summed E-state index contributed by atoms with van der Waals surface area (Å²) in [6.45, 7) is 0. The molecular formula is C13H13ClINO5. The van der Waals surface area contributed by atoms with Crippen molar-refractivity contribution in [3.8, 4) is 0 Å². The standard InChI is InChI=1S/C13H13ClINO5/c1-21-11(17)5-4-10(13(19)20)16-12(18)8-6-7(14)2-3-9(8)15/h2-3,6,10H,4-5H2,1H3,(H,16,18)(H,19,20)/t10-/m0/s1. The van der Waals surface area contributed by atoms with Gasteiger partial charge in [0.05, 0.1) is 12.7 Å². The molecule has 1 atom stereocenters. The highest BCUT2D eigenvalue weighted by Gasteiger charge is 2.22. The van der Waals surface area contributed by atoms with E-state index in [1.807, 2.05) is 22.6 Å². The number of carbonyl (C=O) groups excluding carboxylic acids is 2. The van der Waals surface area contributed by atoms with Gasteiger partial charge in [-0.2, -0.15) is 0 Å². The van der Waals surface area contributed by atoms with Gasteiger partial charge in [-0.1, -0.05) is 11.6 Å². The molecule has 0 saturated heterocycles. The number of aliphatic carboxylic acids is 1. The predicted molar refractivity (Wildman–Crippen MR) is 84.3 cm³/mol. The largest absolute Gasteiger partial charge is 0.480 e. The van der Waals surface area contributed by atoms with Crippen LogP contribution in [0.4, 0.5) is 0 Å². The summed E-state index contributed by atoms with van der Waals surface area (Å²) in [6.07, 6.45) is -0.148. The molecule has 6 nitrogen and oxygen atoms in total. The molecule has 2 N–H and O–H groups in total. The Labute approximate surface area is 139 Å². The molecule has 1 aromatic rings. The quantitative estimate of drug-likeness (QED) is 0.538. The van der Waals surface area contributed by atoms with E-state index in [-0.39, 0.29) is 18.4 Å². The summed E-state index contributed by atoms with van der Waals surface area (Å²) in [5, 5.41) is 11.8. The fourth-order valence-electron chi connectivity index (χ4n) is 1.53. The number of methoxy groups -OCH3 is 1. The molecule has 0 aliphatic heterocycles. The molecule has 1 rings (SSSR count). The number of amides is 1. The highest BCUT2D eigenvalue weighted by Crippen LogP contribution is 2.18. The lowest BCUT2D eigenvalue weighted by Crippen LogP contribution is -2.41. The second-order valence-corrected chi connectivity index (χ2v) is 5.70. The Bertz CT molecular complexity index is 563. The maximum absolute atomic E-state index is 12.1. The van der Waals surface area contributed by atoms with Gasteiger partial charge in [0, 0.05) is 15.0 Å². The molecule has 0 aliphatic rings. The van der Waals surface area contributed by atoms with E-state index in [0.717, 1.165) is 0 Å². The number of nitrogens with one attached hydrogen (secondary N) is 1. The van der Waals surface area contributed by atoms with Gasteiger partial charge in [0.1, 0.15) is 6.04 Å². The average molecular weight is 426 g/mol. The maximum Gasteiger partial charge on any atom is 0.326 e. The van der Waals surface area contributed by atoms with Crippen LogP contribution in [0.3, 0.4) is 0 Å². The second-order valence-electron chi connectivity index (χ2n) is 4.10. The molecule has 0 aliphatic carbocycles. The van der Waals surface area contributed by atoms with E-state index < -0.39 is 23.9 Å². The first kappa shape index (κ1) is 17.7. The van der Waals surface area contributed by atoms with Crippen molar-refractivity contribution in [1.82, 2.24) is 5.32 Å². The van der Waals surface area contributed by atoms with Crippen molar-refractivity contribution in [1.29, 1.82) is 0 Å². The lowest BCUT2D eigenvalue weighted by molar-refractivity contribution is -0.142. The summed E-state index contributed by atoms with van der Waals surface area (Å²) in [6, 6.07) is 3.57. The van der Waals surface area contributed by atoms with Crippen LogP contribution < -0.4 is 5.32 Å². The number of esters is 1. The van der Waals surface area contributed by atoms with Crippen molar-refractivity contribution < 1.29 is 24.2 Å². The van der Waals surface area contributed by atoms with Crippen molar-refractivity contribution in [2.75, 3.05) is 7.11 Å². The van der Waals surface area contributed by atoms with Gasteiger partial charge in [0.25, 0.3) is 5.91 Å². The SMILES string of the molecule is COC(=O)CC[C@H](NC(=O)c1cc(Cl)ccc1I)C(=O)O. The fraction of sp³-hybridized carbons (Fsp3) is 0.308. The third kappa shape index (κ3) is 5.50. The molecule has 0 saturated carbocycles. The van der Waals surface area contributed by atoms with Crippen LogP contribution in [0.25, 0.3) is 0 Å². The Hall–Kier alpha value is -1.35. The van der Waals surface area contributed by atoms with Crippen LogP contribution in [0.2, 0.25) is 5.02 Å². The van der Waals surface area contributed by atoms with Crippen molar-refractivity contribution in [3.63, 3.8) is 0 Å². The summed E-state index contributed by atoms with van der Waals surface area (Å²) in [4.78, 5) is 34.3. The molecule has 0 spiro atoms. The number of ether oxygens (including phenoxy) is 1. The van der Waals surface area contributed by atoms with Crippen molar-refractivity contribution in [2.45, 2.75) is 18.9 Å². The van der Waals surface area contributed by atoms with Crippen LogP contribution in [0.15, 0.2) is 18.2 Å². The average Bonchev–Trinajstić information content (AvgIpc) is 2.44.